The molecule has 1 heterocycles. The van der Waals surface area contributed by atoms with E-state index in [-0.39, 0.29) is 29.6 Å². The molecular weight excluding hydrogens is 404 g/mol. The zero-order chi connectivity index (χ0) is 21.3. The summed E-state index contributed by atoms with van der Waals surface area (Å²) in [5.74, 6) is -0.354. The van der Waals surface area contributed by atoms with Crippen LogP contribution in [0.25, 0.3) is 10.8 Å². The van der Waals surface area contributed by atoms with Crippen LogP contribution >= 0.6 is 0 Å². The molecule has 0 bridgehead atoms. The van der Waals surface area contributed by atoms with Crippen molar-refractivity contribution in [2.45, 2.75) is 19.0 Å². The third kappa shape index (κ3) is 4.04. The molecule has 154 valence electrons. The Morgan fingerprint density at radius 2 is 1.73 bits per heavy atom. The zero-order valence-corrected chi connectivity index (χ0v) is 16.9. The standard InChI is InChI=1S/C22H20N2O5S/c25-22(17-8-10-19(11-9-17)24(26)27)23(20-12-13-30(28,29)15-20)14-18-6-3-5-16-4-1-2-7-21(16)18/h1-11,20H,12-15H2/t20-/m0/s1. The minimum atomic E-state index is -3.19. The molecule has 3 aromatic carbocycles. The molecule has 1 aliphatic heterocycles. The first-order valence-corrected chi connectivity index (χ1v) is 11.4. The molecule has 1 atom stereocenters. The lowest BCUT2D eigenvalue weighted by molar-refractivity contribution is -0.384. The van der Waals surface area contributed by atoms with Crippen molar-refractivity contribution in [1.82, 2.24) is 4.90 Å². The van der Waals surface area contributed by atoms with Gasteiger partial charge in [-0.1, -0.05) is 42.5 Å². The van der Waals surface area contributed by atoms with Crippen molar-refractivity contribution in [3.63, 3.8) is 0 Å². The van der Waals surface area contributed by atoms with E-state index in [1.807, 2.05) is 42.5 Å². The molecule has 1 aliphatic rings. The summed E-state index contributed by atoms with van der Waals surface area (Å²) in [4.78, 5) is 25.3. The van der Waals surface area contributed by atoms with Gasteiger partial charge in [0.05, 0.1) is 16.4 Å². The molecule has 0 aliphatic carbocycles. The monoisotopic (exact) mass is 424 g/mol. The Hall–Kier alpha value is -3.26. The van der Waals surface area contributed by atoms with E-state index in [1.165, 1.54) is 24.3 Å². The number of nitro groups is 1. The molecule has 0 radical (unpaired) electrons. The fraction of sp³-hybridized carbons (Fsp3) is 0.227. The van der Waals surface area contributed by atoms with Crippen LogP contribution in [0.15, 0.2) is 66.7 Å². The molecule has 30 heavy (non-hydrogen) atoms. The smallest absolute Gasteiger partial charge is 0.269 e. The summed E-state index contributed by atoms with van der Waals surface area (Å²) in [7, 11) is -3.19. The van der Waals surface area contributed by atoms with Crippen LogP contribution in [0.2, 0.25) is 0 Å². The van der Waals surface area contributed by atoms with Crippen molar-refractivity contribution in [3.8, 4) is 0 Å². The Balaban J connectivity index is 1.71. The zero-order valence-electron chi connectivity index (χ0n) is 16.1. The summed E-state index contributed by atoms with van der Waals surface area (Å²) < 4.78 is 24.2. The number of amides is 1. The van der Waals surface area contributed by atoms with Gasteiger partial charge in [-0.15, -0.1) is 0 Å². The van der Waals surface area contributed by atoms with E-state index in [0.717, 1.165) is 16.3 Å². The van der Waals surface area contributed by atoms with Gasteiger partial charge in [-0.05, 0) is 34.9 Å². The average molecular weight is 424 g/mol. The van der Waals surface area contributed by atoms with E-state index in [9.17, 15) is 23.3 Å². The van der Waals surface area contributed by atoms with Crippen molar-refractivity contribution < 1.29 is 18.1 Å². The van der Waals surface area contributed by atoms with Crippen LogP contribution in [0.4, 0.5) is 5.69 Å². The van der Waals surface area contributed by atoms with E-state index in [0.29, 0.717) is 12.0 Å². The highest BCUT2D eigenvalue weighted by Crippen LogP contribution is 2.26. The molecule has 0 N–H and O–H groups in total. The number of carbonyl (C=O) groups is 1. The molecular formula is C22H20N2O5S. The van der Waals surface area contributed by atoms with Crippen LogP contribution in [0.1, 0.15) is 22.3 Å². The largest absolute Gasteiger partial charge is 0.330 e. The lowest BCUT2D eigenvalue weighted by atomic mass is 10.0. The van der Waals surface area contributed by atoms with Crippen LogP contribution in [0, 0.1) is 10.1 Å². The predicted molar refractivity (Wildman–Crippen MR) is 114 cm³/mol. The van der Waals surface area contributed by atoms with Crippen molar-refractivity contribution in [1.29, 1.82) is 0 Å². The minimum Gasteiger partial charge on any atom is -0.330 e. The first-order valence-electron chi connectivity index (χ1n) is 9.56. The van der Waals surface area contributed by atoms with Gasteiger partial charge in [0.2, 0.25) is 0 Å². The number of hydrogen-bond acceptors (Lipinski definition) is 5. The summed E-state index contributed by atoms with van der Waals surface area (Å²) >= 11 is 0. The maximum Gasteiger partial charge on any atom is 0.269 e. The molecule has 0 aromatic heterocycles. The summed E-state index contributed by atoms with van der Waals surface area (Å²) in [5.41, 5.74) is 1.12. The number of sulfone groups is 1. The number of fused-ring (bicyclic) bond motifs is 1. The van der Waals surface area contributed by atoms with Gasteiger partial charge in [0.1, 0.15) is 0 Å². The number of non-ortho nitro benzene ring substituents is 1. The predicted octanol–water partition coefficient (Wildman–Crippen LogP) is 3.58. The van der Waals surface area contributed by atoms with E-state index in [4.69, 9.17) is 0 Å². The van der Waals surface area contributed by atoms with E-state index >= 15 is 0 Å². The molecule has 1 saturated heterocycles. The fourth-order valence-electron chi connectivity index (χ4n) is 3.89. The van der Waals surface area contributed by atoms with Crippen molar-refractivity contribution in [2.24, 2.45) is 0 Å². The quantitative estimate of drug-likeness (QED) is 0.461. The highest BCUT2D eigenvalue weighted by Gasteiger charge is 2.35. The van der Waals surface area contributed by atoms with Gasteiger partial charge in [-0.2, -0.15) is 0 Å². The number of nitrogens with zero attached hydrogens (tertiary/aromatic N) is 2. The SMILES string of the molecule is O=C(c1ccc([N+](=O)[O-])cc1)N(Cc1cccc2ccccc12)[C@H]1CCS(=O)(=O)C1. The number of benzene rings is 3. The first-order chi connectivity index (χ1) is 14.3. The maximum atomic E-state index is 13.3. The van der Waals surface area contributed by atoms with Crippen LogP contribution in [-0.2, 0) is 16.4 Å². The minimum absolute atomic E-state index is 0.0528. The number of hydrogen-bond donors (Lipinski definition) is 0. The summed E-state index contributed by atoms with van der Waals surface area (Å²) in [6, 6.07) is 18.6. The van der Waals surface area contributed by atoms with Crippen molar-refractivity contribution in [3.05, 3.63) is 88.0 Å². The Labute approximate surface area is 174 Å². The highest BCUT2D eigenvalue weighted by atomic mass is 32.2. The second-order valence-corrected chi connectivity index (χ2v) is 9.66. The molecule has 0 unspecified atom stereocenters. The molecule has 1 amide bonds. The van der Waals surface area contributed by atoms with Crippen LogP contribution < -0.4 is 0 Å². The molecule has 8 heteroatoms. The Morgan fingerprint density at radius 3 is 2.40 bits per heavy atom. The Kier molecular flexibility index (Phi) is 5.26. The van der Waals surface area contributed by atoms with E-state index in [1.54, 1.807) is 4.90 Å². The average Bonchev–Trinajstić information content (AvgIpc) is 3.11. The number of carbonyl (C=O) groups excluding carboxylic acids is 1. The topological polar surface area (TPSA) is 97.6 Å². The Bertz CT molecular complexity index is 1220. The lowest BCUT2D eigenvalue weighted by Crippen LogP contribution is -2.40. The van der Waals surface area contributed by atoms with Gasteiger partial charge in [-0.3, -0.25) is 14.9 Å². The molecule has 0 saturated carbocycles. The van der Waals surface area contributed by atoms with Gasteiger partial charge in [-0.25, -0.2) is 8.42 Å². The second-order valence-electron chi connectivity index (χ2n) is 7.43. The maximum absolute atomic E-state index is 13.3. The van der Waals surface area contributed by atoms with Crippen LogP contribution in [0.5, 0.6) is 0 Å². The highest BCUT2D eigenvalue weighted by molar-refractivity contribution is 7.91. The molecule has 4 rings (SSSR count). The van der Waals surface area contributed by atoms with Crippen LogP contribution in [0.3, 0.4) is 0 Å². The molecule has 1 fully saturated rings. The summed E-state index contributed by atoms with van der Waals surface area (Å²) in [6.45, 7) is 0.261. The van der Waals surface area contributed by atoms with Crippen molar-refractivity contribution in [2.75, 3.05) is 11.5 Å². The van der Waals surface area contributed by atoms with Crippen LogP contribution in [-0.4, -0.2) is 41.7 Å². The summed E-state index contributed by atoms with van der Waals surface area (Å²) in [5, 5.41) is 12.9. The summed E-state index contributed by atoms with van der Waals surface area (Å²) in [6.07, 6.45) is 0.381. The molecule has 0 spiro atoms. The van der Waals surface area contributed by atoms with Gasteiger partial charge >= 0.3 is 0 Å². The third-order valence-corrected chi connectivity index (χ3v) is 7.21. The second kappa shape index (κ2) is 7.87. The van der Waals surface area contributed by atoms with E-state index < -0.39 is 20.8 Å². The molecule has 3 aromatic rings. The van der Waals surface area contributed by atoms with Gasteiger partial charge in [0, 0.05) is 30.3 Å². The van der Waals surface area contributed by atoms with Gasteiger partial charge in [0.15, 0.2) is 9.84 Å². The van der Waals surface area contributed by atoms with Crippen molar-refractivity contribution >= 4 is 32.2 Å². The molecule has 7 nitrogen and oxygen atoms in total. The first kappa shape index (κ1) is 20.0. The normalized spacial score (nSPS) is 17.7. The van der Waals surface area contributed by atoms with E-state index in [2.05, 4.69) is 0 Å². The third-order valence-electron chi connectivity index (χ3n) is 5.46. The fourth-order valence-corrected chi connectivity index (χ4v) is 5.62. The lowest BCUT2D eigenvalue weighted by Gasteiger charge is -2.29. The Morgan fingerprint density at radius 1 is 1.03 bits per heavy atom. The van der Waals surface area contributed by atoms with Gasteiger partial charge in [0.25, 0.3) is 11.6 Å². The number of rotatable bonds is 5. The number of nitro benzene ring substituents is 1. The van der Waals surface area contributed by atoms with Gasteiger partial charge < -0.3 is 4.90 Å².